The number of anilines is 1. The van der Waals surface area contributed by atoms with Gasteiger partial charge in [0.1, 0.15) is 5.82 Å². The van der Waals surface area contributed by atoms with Gasteiger partial charge >= 0.3 is 0 Å². The van der Waals surface area contributed by atoms with E-state index in [1.165, 1.54) is 0 Å². The first-order valence-electron chi connectivity index (χ1n) is 5.62. The van der Waals surface area contributed by atoms with E-state index in [1.807, 2.05) is 6.92 Å². The number of aryl methyl sites for hydroxylation is 1. The molecule has 0 bridgehead atoms. The minimum atomic E-state index is 0.288. The first-order valence-corrected chi connectivity index (χ1v) is 6.00. The number of likely N-dealkylation sites (N-methyl/N-ethyl adjacent to an activating group) is 1. The molecule has 0 atom stereocenters. The highest BCUT2D eigenvalue weighted by atomic mass is 35.5. The van der Waals surface area contributed by atoms with Crippen molar-refractivity contribution in [2.45, 2.75) is 20.8 Å². The fraction of sp³-hybridized carbons (Fsp3) is 0.636. The van der Waals surface area contributed by atoms with Gasteiger partial charge in [-0.25, -0.2) is 9.97 Å². The van der Waals surface area contributed by atoms with Crippen molar-refractivity contribution in [1.82, 2.24) is 14.9 Å². The average molecular weight is 243 g/mol. The van der Waals surface area contributed by atoms with Crippen molar-refractivity contribution in [2.24, 2.45) is 0 Å². The predicted octanol–water partition coefficient (Wildman–Crippen LogP) is 2.19. The molecule has 1 aromatic heterocycles. The average Bonchev–Trinajstić information content (AvgIpc) is 2.29. The number of aromatic nitrogens is 2. The van der Waals surface area contributed by atoms with Crippen LogP contribution in [-0.4, -0.2) is 41.0 Å². The predicted molar refractivity (Wildman–Crippen MR) is 68.1 cm³/mol. The highest BCUT2D eigenvalue weighted by molar-refractivity contribution is 6.28. The number of nitrogens with zero attached hydrogens (tertiary/aromatic N) is 3. The minimum Gasteiger partial charge on any atom is -0.368 e. The lowest BCUT2D eigenvalue weighted by Gasteiger charge is -2.18. The summed E-state index contributed by atoms with van der Waals surface area (Å²) in [5, 5.41) is 3.56. The van der Waals surface area contributed by atoms with Gasteiger partial charge in [-0.2, -0.15) is 0 Å². The van der Waals surface area contributed by atoms with Crippen molar-refractivity contribution in [2.75, 3.05) is 31.5 Å². The molecular weight excluding hydrogens is 224 g/mol. The van der Waals surface area contributed by atoms with E-state index in [0.717, 1.165) is 37.6 Å². The Balaban J connectivity index is 2.45. The summed E-state index contributed by atoms with van der Waals surface area (Å²) in [4.78, 5) is 10.4. The fourth-order valence-electron chi connectivity index (χ4n) is 1.47. The standard InChI is InChI=1S/C11H19ClN4/c1-4-16(5-2)7-6-13-10-9(3)8-14-11(12)15-10/h8H,4-7H2,1-3H3,(H,13,14,15). The summed E-state index contributed by atoms with van der Waals surface area (Å²) in [6, 6.07) is 0. The number of halogens is 1. The number of nitrogens with one attached hydrogen (secondary N) is 1. The van der Waals surface area contributed by atoms with E-state index in [-0.39, 0.29) is 5.28 Å². The Morgan fingerprint density at radius 1 is 1.38 bits per heavy atom. The zero-order chi connectivity index (χ0) is 12.0. The highest BCUT2D eigenvalue weighted by Gasteiger charge is 2.03. The van der Waals surface area contributed by atoms with Crippen LogP contribution in [0.2, 0.25) is 5.28 Å². The number of hydrogen-bond donors (Lipinski definition) is 1. The molecule has 0 saturated carbocycles. The lowest BCUT2D eigenvalue weighted by molar-refractivity contribution is 0.316. The van der Waals surface area contributed by atoms with Crippen LogP contribution in [0.15, 0.2) is 6.20 Å². The third kappa shape index (κ3) is 3.94. The third-order valence-corrected chi connectivity index (χ3v) is 2.74. The Morgan fingerprint density at radius 2 is 2.06 bits per heavy atom. The van der Waals surface area contributed by atoms with E-state index < -0.39 is 0 Å². The van der Waals surface area contributed by atoms with Crippen LogP contribution in [-0.2, 0) is 0 Å². The van der Waals surface area contributed by atoms with E-state index in [0.29, 0.717) is 0 Å². The van der Waals surface area contributed by atoms with E-state index in [9.17, 15) is 0 Å². The molecule has 5 heteroatoms. The van der Waals surface area contributed by atoms with Gasteiger partial charge in [0.25, 0.3) is 0 Å². The molecule has 0 amide bonds. The van der Waals surface area contributed by atoms with Gasteiger partial charge in [0.2, 0.25) is 5.28 Å². The molecule has 1 aromatic rings. The summed E-state index contributed by atoms with van der Waals surface area (Å²) in [6.45, 7) is 10.3. The maximum Gasteiger partial charge on any atom is 0.224 e. The van der Waals surface area contributed by atoms with Gasteiger partial charge in [0, 0.05) is 24.8 Å². The maximum atomic E-state index is 5.74. The second kappa shape index (κ2) is 6.66. The van der Waals surface area contributed by atoms with E-state index in [4.69, 9.17) is 11.6 Å². The van der Waals surface area contributed by atoms with Crippen molar-refractivity contribution in [3.8, 4) is 0 Å². The van der Waals surface area contributed by atoms with E-state index >= 15 is 0 Å². The lowest BCUT2D eigenvalue weighted by Crippen LogP contribution is -2.28. The summed E-state index contributed by atoms with van der Waals surface area (Å²) in [5.41, 5.74) is 1.02. The molecule has 4 nitrogen and oxygen atoms in total. The van der Waals surface area contributed by atoms with Crippen LogP contribution >= 0.6 is 11.6 Å². The highest BCUT2D eigenvalue weighted by Crippen LogP contribution is 2.11. The summed E-state index contributed by atoms with van der Waals surface area (Å²) < 4.78 is 0. The van der Waals surface area contributed by atoms with Crippen LogP contribution < -0.4 is 5.32 Å². The quantitative estimate of drug-likeness (QED) is 0.777. The largest absolute Gasteiger partial charge is 0.368 e. The summed E-state index contributed by atoms with van der Waals surface area (Å²) >= 11 is 5.74. The SMILES string of the molecule is CCN(CC)CCNc1nc(Cl)ncc1C. The summed E-state index contributed by atoms with van der Waals surface area (Å²) in [6.07, 6.45) is 1.73. The number of rotatable bonds is 6. The molecular formula is C11H19ClN4. The zero-order valence-electron chi connectivity index (χ0n) is 10.1. The van der Waals surface area contributed by atoms with Crippen LogP contribution in [0, 0.1) is 6.92 Å². The van der Waals surface area contributed by atoms with Gasteiger partial charge < -0.3 is 10.2 Å². The van der Waals surface area contributed by atoms with Crippen LogP contribution in [0.1, 0.15) is 19.4 Å². The third-order valence-electron chi connectivity index (χ3n) is 2.56. The van der Waals surface area contributed by atoms with Crippen molar-refractivity contribution in [3.05, 3.63) is 17.0 Å². The molecule has 0 unspecified atom stereocenters. The number of hydrogen-bond acceptors (Lipinski definition) is 4. The van der Waals surface area contributed by atoms with Gasteiger partial charge in [0.15, 0.2) is 0 Å². The van der Waals surface area contributed by atoms with Crippen molar-refractivity contribution >= 4 is 17.4 Å². The monoisotopic (exact) mass is 242 g/mol. The van der Waals surface area contributed by atoms with Gasteiger partial charge in [-0.15, -0.1) is 0 Å². The maximum absolute atomic E-state index is 5.74. The fourth-order valence-corrected chi connectivity index (χ4v) is 1.61. The molecule has 0 saturated heterocycles. The van der Waals surface area contributed by atoms with Crippen LogP contribution in [0.5, 0.6) is 0 Å². The summed E-state index contributed by atoms with van der Waals surface area (Å²) in [7, 11) is 0. The lowest BCUT2D eigenvalue weighted by atomic mass is 10.3. The molecule has 0 spiro atoms. The zero-order valence-corrected chi connectivity index (χ0v) is 10.9. The second-order valence-corrected chi connectivity index (χ2v) is 3.96. The molecule has 16 heavy (non-hydrogen) atoms. The molecule has 0 fully saturated rings. The molecule has 0 aliphatic heterocycles. The normalized spacial score (nSPS) is 10.8. The Morgan fingerprint density at radius 3 is 2.69 bits per heavy atom. The smallest absolute Gasteiger partial charge is 0.224 e. The molecule has 1 N–H and O–H groups in total. The van der Waals surface area contributed by atoms with Gasteiger partial charge in [-0.3, -0.25) is 0 Å². The Bertz CT molecular complexity index is 326. The Labute approximate surface area is 102 Å². The molecule has 0 aliphatic rings. The topological polar surface area (TPSA) is 41.0 Å². The molecule has 0 radical (unpaired) electrons. The van der Waals surface area contributed by atoms with E-state index in [1.54, 1.807) is 6.20 Å². The molecule has 1 rings (SSSR count). The summed E-state index contributed by atoms with van der Waals surface area (Å²) in [5.74, 6) is 0.826. The van der Waals surface area contributed by atoms with Gasteiger partial charge in [0.05, 0.1) is 0 Å². The molecule has 90 valence electrons. The van der Waals surface area contributed by atoms with Crippen LogP contribution in [0.4, 0.5) is 5.82 Å². The van der Waals surface area contributed by atoms with Crippen molar-refractivity contribution in [1.29, 1.82) is 0 Å². The molecule has 1 heterocycles. The van der Waals surface area contributed by atoms with Crippen molar-refractivity contribution in [3.63, 3.8) is 0 Å². The van der Waals surface area contributed by atoms with Gasteiger partial charge in [-0.1, -0.05) is 13.8 Å². The van der Waals surface area contributed by atoms with Crippen molar-refractivity contribution < 1.29 is 0 Å². The minimum absolute atomic E-state index is 0.288. The van der Waals surface area contributed by atoms with Crippen LogP contribution in [0.3, 0.4) is 0 Å². The Hall–Kier alpha value is -0.870. The molecule has 0 aliphatic carbocycles. The molecule has 0 aromatic carbocycles. The Kier molecular flexibility index (Phi) is 5.49. The first kappa shape index (κ1) is 13.2. The van der Waals surface area contributed by atoms with Crippen LogP contribution in [0.25, 0.3) is 0 Å². The van der Waals surface area contributed by atoms with E-state index in [2.05, 4.69) is 34.0 Å². The first-order chi connectivity index (χ1) is 7.67. The van der Waals surface area contributed by atoms with Gasteiger partial charge in [-0.05, 0) is 31.6 Å². The second-order valence-electron chi connectivity index (χ2n) is 3.62.